The fourth-order valence-corrected chi connectivity index (χ4v) is 4.77. The normalized spacial score (nSPS) is 17.0. The van der Waals surface area contributed by atoms with E-state index in [-0.39, 0.29) is 30.3 Å². The van der Waals surface area contributed by atoms with Crippen LogP contribution in [0.1, 0.15) is 43.5 Å². The van der Waals surface area contributed by atoms with Gasteiger partial charge in [-0.25, -0.2) is 0 Å². The summed E-state index contributed by atoms with van der Waals surface area (Å²) in [7, 11) is 1.58. The van der Waals surface area contributed by atoms with Gasteiger partial charge in [-0.2, -0.15) is 0 Å². The minimum atomic E-state index is -0.297. The van der Waals surface area contributed by atoms with E-state index in [1.54, 1.807) is 47.2 Å². The molecule has 1 atom stereocenters. The Balaban J connectivity index is 1.64. The van der Waals surface area contributed by atoms with E-state index < -0.39 is 0 Å². The predicted octanol–water partition coefficient (Wildman–Crippen LogP) is 3.52. The molecule has 2 aliphatic rings. The number of carbonyl (C=O) groups excluding carboxylic acids is 3. The molecule has 2 aromatic rings. The summed E-state index contributed by atoms with van der Waals surface area (Å²) < 4.78 is 5.16. The van der Waals surface area contributed by atoms with Crippen LogP contribution >= 0.6 is 0 Å². The number of ether oxygens (including phenoxy) is 1. The van der Waals surface area contributed by atoms with Crippen LogP contribution in [0.5, 0.6) is 5.75 Å². The highest BCUT2D eigenvalue weighted by Crippen LogP contribution is 2.40. The first-order valence-corrected chi connectivity index (χ1v) is 11.9. The Labute approximate surface area is 200 Å². The first-order chi connectivity index (χ1) is 16.5. The molecule has 2 aromatic carbocycles. The van der Waals surface area contributed by atoms with Crippen molar-refractivity contribution in [3.8, 4) is 5.75 Å². The number of piperidine rings is 1. The van der Waals surface area contributed by atoms with Crippen LogP contribution in [0, 0.1) is 0 Å². The number of carbonyl (C=O) groups is 3. The lowest BCUT2D eigenvalue weighted by Gasteiger charge is -2.45. The predicted molar refractivity (Wildman–Crippen MR) is 133 cm³/mol. The molecular weight excluding hydrogens is 432 g/mol. The first kappa shape index (κ1) is 23.6. The molecule has 0 spiro atoms. The van der Waals surface area contributed by atoms with Crippen molar-refractivity contribution in [2.24, 2.45) is 0 Å². The molecule has 34 heavy (non-hydrogen) atoms. The van der Waals surface area contributed by atoms with Crippen molar-refractivity contribution in [3.63, 3.8) is 0 Å². The fourth-order valence-electron chi connectivity index (χ4n) is 4.77. The zero-order valence-corrected chi connectivity index (χ0v) is 20.0. The quantitative estimate of drug-likeness (QED) is 0.678. The molecule has 0 saturated carbocycles. The fraction of sp³-hybridized carbons (Fsp3) is 0.423. The highest BCUT2D eigenvalue weighted by atomic mass is 16.5. The minimum Gasteiger partial charge on any atom is -0.497 e. The topological polar surface area (TPSA) is 82.2 Å². The van der Waals surface area contributed by atoms with Gasteiger partial charge in [0.2, 0.25) is 11.8 Å². The van der Waals surface area contributed by atoms with Crippen LogP contribution in [-0.2, 0) is 9.59 Å². The number of rotatable bonds is 7. The van der Waals surface area contributed by atoms with E-state index in [1.165, 1.54) is 0 Å². The number of amides is 3. The SMILES string of the molecule is CCN(CC)C(=O)c1ccc2c(c1)N(CC(=O)Nc1ccc(OC)cc1)C(=O)[C@@H]1CCCCN21. The van der Waals surface area contributed by atoms with Crippen LogP contribution in [0.25, 0.3) is 0 Å². The zero-order chi connectivity index (χ0) is 24.2. The summed E-state index contributed by atoms with van der Waals surface area (Å²) in [5, 5.41) is 2.86. The Bertz CT molecular complexity index is 1060. The molecule has 2 heterocycles. The molecule has 2 aliphatic heterocycles. The second-order valence-electron chi connectivity index (χ2n) is 8.59. The lowest BCUT2D eigenvalue weighted by molar-refractivity contribution is -0.123. The number of hydrogen-bond acceptors (Lipinski definition) is 5. The van der Waals surface area contributed by atoms with Gasteiger partial charge in [0.25, 0.3) is 5.91 Å². The summed E-state index contributed by atoms with van der Waals surface area (Å²) in [6.45, 7) is 5.76. The van der Waals surface area contributed by atoms with Crippen molar-refractivity contribution in [1.29, 1.82) is 0 Å². The molecule has 4 rings (SSSR count). The van der Waals surface area contributed by atoms with E-state index in [0.717, 1.165) is 31.5 Å². The molecule has 0 aliphatic carbocycles. The van der Waals surface area contributed by atoms with Crippen LogP contribution < -0.4 is 19.9 Å². The van der Waals surface area contributed by atoms with Gasteiger partial charge in [0, 0.05) is 30.9 Å². The second kappa shape index (κ2) is 10.2. The number of anilines is 3. The maximum atomic E-state index is 13.5. The Morgan fingerprint density at radius 3 is 2.47 bits per heavy atom. The first-order valence-electron chi connectivity index (χ1n) is 11.9. The van der Waals surface area contributed by atoms with E-state index in [2.05, 4.69) is 10.2 Å². The molecule has 180 valence electrons. The number of nitrogens with zero attached hydrogens (tertiary/aromatic N) is 3. The van der Waals surface area contributed by atoms with Gasteiger partial charge in [-0.05, 0) is 75.6 Å². The highest BCUT2D eigenvalue weighted by Gasteiger charge is 2.40. The van der Waals surface area contributed by atoms with Gasteiger partial charge in [-0.1, -0.05) is 0 Å². The molecule has 1 saturated heterocycles. The average Bonchev–Trinajstić information content (AvgIpc) is 2.87. The van der Waals surface area contributed by atoms with Crippen LogP contribution in [0.2, 0.25) is 0 Å². The largest absolute Gasteiger partial charge is 0.497 e. The summed E-state index contributed by atoms with van der Waals surface area (Å²) in [5.41, 5.74) is 2.66. The second-order valence-corrected chi connectivity index (χ2v) is 8.59. The van der Waals surface area contributed by atoms with Crippen molar-refractivity contribution >= 4 is 34.8 Å². The van der Waals surface area contributed by atoms with Crippen LogP contribution in [0.4, 0.5) is 17.1 Å². The zero-order valence-electron chi connectivity index (χ0n) is 20.0. The Morgan fingerprint density at radius 1 is 1.06 bits per heavy atom. The van der Waals surface area contributed by atoms with Gasteiger partial charge in [-0.15, -0.1) is 0 Å². The number of fused-ring (bicyclic) bond motifs is 3. The summed E-state index contributed by atoms with van der Waals surface area (Å²) in [6, 6.07) is 12.3. The summed E-state index contributed by atoms with van der Waals surface area (Å²) in [6.07, 6.45) is 2.75. The summed E-state index contributed by atoms with van der Waals surface area (Å²) >= 11 is 0. The van der Waals surface area contributed by atoms with E-state index >= 15 is 0 Å². The molecule has 1 N–H and O–H groups in total. The summed E-state index contributed by atoms with van der Waals surface area (Å²) in [5.74, 6) is 0.225. The van der Waals surface area contributed by atoms with Crippen molar-refractivity contribution < 1.29 is 19.1 Å². The maximum Gasteiger partial charge on any atom is 0.253 e. The standard InChI is InChI=1S/C26H32N4O4/c1-4-28(5-2)25(32)18-9-14-21-23(16-18)30(26(33)22-8-6-7-15-29(21)22)17-24(31)27-19-10-12-20(34-3)13-11-19/h9-14,16,22H,4-8,15,17H2,1-3H3,(H,27,31)/t22-/m0/s1. The van der Waals surface area contributed by atoms with E-state index in [0.29, 0.717) is 35.8 Å². The number of nitrogens with one attached hydrogen (secondary N) is 1. The molecule has 0 bridgehead atoms. The third-order valence-corrected chi connectivity index (χ3v) is 6.60. The molecule has 3 amide bonds. The average molecular weight is 465 g/mol. The molecule has 8 nitrogen and oxygen atoms in total. The van der Waals surface area contributed by atoms with Gasteiger partial charge in [0.15, 0.2) is 0 Å². The van der Waals surface area contributed by atoms with E-state index in [1.807, 2.05) is 26.0 Å². The van der Waals surface area contributed by atoms with Gasteiger partial charge in [-0.3, -0.25) is 19.3 Å². The van der Waals surface area contributed by atoms with E-state index in [4.69, 9.17) is 4.74 Å². The van der Waals surface area contributed by atoms with Gasteiger partial charge in [0.1, 0.15) is 18.3 Å². The van der Waals surface area contributed by atoms with E-state index in [9.17, 15) is 14.4 Å². The minimum absolute atomic E-state index is 0.0800. The molecule has 0 radical (unpaired) electrons. The number of hydrogen-bond donors (Lipinski definition) is 1. The van der Waals surface area contributed by atoms with Gasteiger partial charge < -0.3 is 19.9 Å². The third kappa shape index (κ3) is 4.58. The van der Waals surface area contributed by atoms with Crippen molar-refractivity contribution in [1.82, 2.24) is 4.90 Å². The van der Waals surface area contributed by atoms with Crippen LogP contribution in [-0.4, -0.2) is 62.0 Å². The molecule has 0 unspecified atom stereocenters. The Morgan fingerprint density at radius 2 is 1.79 bits per heavy atom. The Kier molecular flexibility index (Phi) is 7.05. The Hall–Kier alpha value is -3.55. The molecule has 0 aromatic heterocycles. The van der Waals surface area contributed by atoms with Crippen molar-refractivity contribution in [2.75, 3.05) is 48.4 Å². The number of benzene rings is 2. The van der Waals surface area contributed by atoms with Crippen molar-refractivity contribution in [2.45, 2.75) is 39.2 Å². The smallest absolute Gasteiger partial charge is 0.253 e. The highest BCUT2D eigenvalue weighted by molar-refractivity contribution is 6.11. The lowest BCUT2D eigenvalue weighted by atomic mass is 9.95. The molecule has 8 heteroatoms. The molecule has 1 fully saturated rings. The monoisotopic (exact) mass is 464 g/mol. The summed E-state index contributed by atoms with van der Waals surface area (Å²) in [4.78, 5) is 44.9. The lowest BCUT2D eigenvalue weighted by Crippen LogP contribution is -2.56. The molecular formula is C26H32N4O4. The number of methoxy groups -OCH3 is 1. The van der Waals surface area contributed by atoms with Gasteiger partial charge in [0.05, 0.1) is 18.5 Å². The van der Waals surface area contributed by atoms with Crippen molar-refractivity contribution in [3.05, 3.63) is 48.0 Å². The third-order valence-electron chi connectivity index (χ3n) is 6.60. The van der Waals surface area contributed by atoms with Crippen LogP contribution in [0.3, 0.4) is 0 Å². The van der Waals surface area contributed by atoms with Crippen LogP contribution in [0.15, 0.2) is 42.5 Å². The van der Waals surface area contributed by atoms with Gasteiger partial charge >= 0.3 is 0 Å². The maximum absolute atomic E-state index is 13.5.